The van der Waals surface area contributed by atoms with Crippen molar-refractivity contribution in [3.05, 3.63) is 46.1 Å². The summed E-state index contributed by atoms with van der Waals surface area (Å²) < 4.78 is 7.52. The summed E-state index contributed by atoms with van der Waals surface area (Å²) in [6.45, 7) is 6.89. The third-order valence-corrected chi connectivity index (χ3v) is 8.07. The lowest BCUT2D eigenvalue weighted by Gasteiger charge is -2.33. The molecule has 1 fully saturated rings. The molecule has 1 aliphatic carbocycles. The number of likely N-dealkylation sites (tertiary alicyclic amines) is 1. The van der Waals surface area contributed by atoms with Gasteiger partial charge in [-0.3, -0.25) is 19.2 Å². The Balaban J connectivity index is 1.31. The van der Waals surface area contributed by atoms with Crippen molar-refractivity contribution in [2.24, 2.45) is 0 Å². The normalized spacial score (nSPS) is 17.7. The fraction of sp³-hybridized carbons (Fsp3) is 0.516. The van der Waals surface area contributed by atoms with E-state index < -0.39 is 11.6 Å². The summed E-state index contributed by atoms with van der Waals surface area (Å²) >= 11 is 0. The van der Waals surface area contributed by atoms with Crippen molar-refractivity contribution in [1.82, 2.24) is 20.0 Å². The minimum Gasteiger partial charge on any atom is -0.444 e. The molecule has 2 aromatic rings. The van der Waals surface area contributed by atoms with Crippen LogP contribution in [0.3, 0.4) is 0 Å². The molecule has 10 heteroatoms. The van der Waals surface area contributed by atoms with Gasteiger partial charge in [-0.15, -0.1) is 0 Å². The van der Waals surface area contributed by atoms with Gasteiger partial charge in [0.25, 0.3) is 5.91 Å². The predicted octanol–water partition coefficient (Wildman–Crippen LogP) is 2.21. The molecule has 218 valence electrons. The highest BCUT2D eigenvalue weighted by atomic mass is 16.6. The van der Waals surface area contributed by atoms with E-state index in [0.29, 0.717) is 25.9 Å². The Morgan fingerprint density at radius 1 is 1.22 bits per heavy atom. The van der Waals surface area contributed by atoms with Gasteiger partial charge in [-0.25, -0.2) is 4.79 Å². The van der Waals surface area contributed by atoms with E-state index in [1.165, 1.54) is 0 Å². The molecule has 1 unspecified atom stereocenters. The van der Waals surface area contributed by atoms with Crippen LogP contribution in [-0.2, 0) is 25.5 Å². The van der Waals surface area contributed by atoms with E-state index >= 15 is 0 Å². The van der Waals surface area contributed by atoms with Gasteiger partial charge in [0, 0.05) is 50.0 Å². The van der Waals surface area contributed by atoms with Crippen LogP contribution in [0.1, 0.15) is 76.5 Å². The van der Waals surface area contributed by atoms with E-state index in [9.17, 15) is 19.2 Å². The molecule has 10 nitrogen and oxygen atoms in total. The van der Waals surface area contributed by atoms with Crippen molar-refractivity contribution in [2.45, 2.75) is 83.4 Å². The Morgan fingerprint density at radius 2 is 1.98 bits per heavy atom. The number of amides is 3. The summed E-state index contributed by atoms with van der Waals surface area (Å²) in [7, 11) is 1.56. The van der Waals surface area contributed by atoms with Crippen molar-refractivity contribution in [3.63, 3.8) is 0 Å². The fourth-order valence-electron chi connectivity index (χ4n) is 6.03. The number of carbonyl (C=O) groups excluding carboxylic acids is 4. The highest BCUT2D eigenvalue weighted by Crippen LogP contribution is 2.28. The third-order valence-electron chi connectivity index (χ3n) is 8.07. The van der Waals surface area contributed by atoms with Gasteiger partial charge in [-0.2, -0.15) is 5.10 Å². The van der Waals surface area contributed by atoms with E-state index in [0.717, 1.165) is 58.4 Å². The molecule has 2 aliphatic heterocycles. The number of aldehydes is 1. The molecule has 0 spiro atoms. The molecular weight excluding hydrogens is 522 g/mol. The maximum Gasteiger partial charge on any atom is 0.410 e. The SMILES string of the molecule is CNC(=O)CCC(C=O)N1C(=O)C2=c3c1ccc(Cc1cnn(C4CCN(C(=O)OC(C)(C)C)CC4)c1)c3=CCC2. The van der Waals surface area contributed by atoms with E-state index in [1.54, 1.807) is 16.8 Å². The molecule has 3 aliphatic rings. The number of hydrogen-bond acceptors (Lipinski definition) is 6. The number of benzene rings is 1. The van der Waals surface area contributed by atoms with Crippen LogP contribution in [0, 0.1) is 0 Å². The summed E-state index contributed by atoms with van der Waals surface area (Å²) in [5, 5.41) is 9.20. The molecule has 1 atom stereocenters. The molecule has 1 aromatic heterocycles. The van der Waals surface area contributed by atoms with Crippen LogP contribution in [0.2, 0.25) is 0 Å². The van der Waals surface area contributed by atoms with Gasteiger partial charge in [0.2, 0.25) is 5.91 Å². The van der Waals surface area contributed by atoms with Crippen molar-refractivity contribution >= 4 is 41.5 Å². The first-order valence-electron chi connectivity index (χ1n) is 14.4. The molecule has 41 heavy (non-hydrogen) atoms. The van der Waals surface area contributed by atoms with E-state index in [2.05, 4.69) is 22.7 Å². The number of ether oxygens (including phenoxy) is 1. The number of rotatable bonds is 8. The summed E-state index contributed by atoms with van der Waals surface area (Å²) in [5.41, 5.74) is 3.18. The van der Waals surface area contributed by atoms with Crippen LogP contribution >= 0.6 is 0 Å². The highest BCUT2D eigenvalue weighted by Gasteiger charge is 2.36. The number of carbonyl (C=O) groups is 4. The number of nitrogens with zero attached hydrogens (tertiary/aromatic N) is 4. The van der Waals surface area contributed by atoms with Crippen molar-refractivity contribution in [2.75, 3.05) is 25.0 Å². The maximum absolute atomic E-state index is 13.4. The minimum atomic E-state index is -0.687. The lowest BCUT2D eigenvalue weighted by Crippen LogP contribution is -2.42. The number of hydrogen-bond donors (Lipinski definition) is 1. The highest BCUT2D eigenvalue weighted by molar-refractivity contribution is 6.26. The molecule has 0 saturated carbocycles. The van der Waals surface area contributed by atoms with Crippen LogP contribution in [0.25, 0.3) is 11.6 Å². The number of aromatic nitrogens is 2. The van der Waals surface area contributed by atoms with Gasteiger partial charge < -0.3 is 19.7 Å². The van der Waals surface area contributed by atoms with Gasteiger partial charge in [-0.05, 0) is 75.3 Å². The van der Waals surface area contributed by atoms with Crippen LogP contribution in [0.5, 0.6) is 0 Å². The molecule has 3 heterocycles. The summed E-state index contributed by atoms with van der Waals surface area (Å²) in [5.74, 6) is -0.290. The van der Waals surface area contributed by atoms with Gasteiger partial charge >= 0.3 is 6.09 Å². The Labute approximate surface area is 240 Å². The Hall–Kier alpha value is -3.95. The Bertz CT molecular complexity index is 1480. The van der Waals surface area contributed by atoms with Gasteiger partial charge in [0.05, 0.1) is 24.0 Å². The van der Waals surface area contributed by atoms with Gasteiger partial charge in [0.15, 0.2) is 0 Å². The number of nitrogens with one attached hydrogen (secondary N) is 1. The number of piperidine rings is 1. The van der Waals surface area contributed by atoms with E-state index in [4.69, 9.17) is 4.74 Å². The first kappa shape index (κ1) is 28.6. The average molecular weight is 562 g/mol. The zero-order chi connectivity index (χ0) is 29.3. The summed E-state index contributed by atoms with van der Waals surface area (Å²) in [4.78, 5) is 53.0. The number of anilines is 1. The van der Waals surface area contributed by atoms with Crippen LogP contribution < -0.4 is 20.7 Å². The molecule has 1 aromatic carbocycles. The van der Waals surface area contributed by atoms with Crippen molar-refractivity contribution in [1.29, 1.82) is 0 Å². The monoisotopic (exact) mass is 561 g/mol. The van der Waals surface area contributed by atoms with Crippen molar-refractivity contribution in [3.8, 4) is 0 Å². The minimum absolute atomic E-state index is 0.133. The second-order valence-corrected chi connectivity index (χ2v) is 12.0. The molecule has 1 saturated heterocycles. The molecule has 0 radical (unpaired) electrons. The largest absolute Gasteiger partial charge is 0.444 e. The summed E-state index contributed by atoms with van der Waals surface area (Å²) in [6, 6.07) is 3.50. The second kappa shape index (κ2) is 11.5. The zero-order valence-corrected chi connectivity index (χ0v) is 24.3. The van der Waals surface area contributed by atoms with Crippen LogP contribution in [-0.4, -0.2) is 70.7 Å². The average Bonchev–Trinajstić information content (AvgIpc) is 3.53. The van der Waals surface area contributed by atoms with Gasteiger partial charge in [-0.1, -0.05) is 12.1 Å². The molecule has 5 rings (SSSR count). The second-order valence-electron chi connectivity index (χ2n) is 12.0. The van der Waals surface area contributed by atoms with Crippen LogP contribution in [0.15, 0.2) is 24.5 Å². The van der Waals surface area contributed by atoms with E-state index in [-0.39, 0.29) is 36.8 Å². The third kappa shape index (κ3) is 5.92. The standard InChI is InChI=1S/C31H39N5O5/c1-31(2,3)41-30(40)34-14-12-22(13-15-34)35-18-20(17-33-35)16-21-8-10-26-28-24(21)6-5-7-25(28)29(39)36(26)23(19-37)9-11-27(38)32-4/h6,8,10,17-19,22-23H,5,7,9,11-16H2,1-4H3,(H,32,38). The molecule has 1 N–H and O–H groups in total. The fourth-order valence-corrected chi connectivity index (χ4v) is 6.03. The molecule has 3 amide bonds. The van der Waals surface area contributed by atoms with E-state index in [1.807, 2.05) is 43.8 Å². The molecule has 0 bridgehead atoms. The lowest BCUT2D eigenvalue weighted by molar-refractivity contribution is -0.121. The first-order valence-corrected chi connectivity index (χ1v) is 14.4. The zero-order valence-electron chi connectivity index (χ0n) is 24.3. The topological polar surface area (TPSA) is 114 Å². The molecular formula is C31H39N5O5. The predicted molar refractivity (Wildman–Crippen MR) is 155 cm³/mol. The Kier molecular flexibility index (Phi) is 8.02. The van der Waals surface area contributed by atoms with Crippen LogP contribution in [0.4, 0.5) is 10.5 Å². The van der Waals surface area contributed by atoms with Gasteiger partial charge in [0.1, 0.15) is 11.9 Å². The quantitative estimate of drug-likeness (QED) is 0.495. The summed E-state index contributed by atoms with van der Waals surface area (Å²) in [6.07, 6.45) is 10.8. The Morgan fingerprint density at radius 3 is 2.66 bits per heavy atom. The van der Waals surface area contributed by atoms with Crippen molar-refractivity contribution < 1.29 is 23.9 Å². The lowest BCUT2D eigenvalue weighted by atomic mass is 9.95. The smallest absolute Gasteiger partial charge is 0.410 e. The maximum atomic E-state index is 13.4. The first-order chi connectivity index (χ1) is 19.6.